The highest BCUT2D eigenvalue weighted by Gasteiger charge is 2.30. The van der Waals surface area contributed by atoms with Crippen LogP contribution in [0.1, 0.15) is 11.4 Å². The molecule has 0 aliphatic rings. The number of carbonyl (C=O) groups is 1. The summed E-state index contributed by atoms with van der Waals surface area (Å²) < 4.78 is 39.5. The van der Waals surface area contributed by atoms with Crippen LogP contribution in [0.2, 0.25) is 0 Å². The van der Waals surface area contributed by atoms with E-state index in [1.807, 2.05) is 35.8 Å². The minimum Gasteiger partial charge on any atom is -0.354 e. The molecule has 27 heavy (non-hydrogen) atoms. The number of halogens is 3. The predicted molar refractivity (Wildman–Crippen MR) is 97.4 cm³/mol. The molecule has 2 heterocycles. The number of aromatic nitrogens is 3. The van der Waals surface area contributed by atoms with E-state index in [0.29, 0.717) is 18.1 Å². The number of nitrogens with one attached hydrogen (secondary N) is 1. The molecule has 9 heteroatoms. The van der Waals surface area contributed by atoms with Crippen LogP contribution in [0.5, 0.6) is 0 Å². The number of fused-ring (bicyclic) bond motifs is 1. The lowest BCUT2D eigenvalue weighted by molar-refractivity contribution is -0.137. The first kappa shape index (κ1) is 19.2. The quantitative estimate of drug-likeness (QED) is 0.648. The van der Waals surface area contributed by atoms with Crippen LogP contribution in [0, 0.1) is 6.92 Å². The lowest BCUT2D eigenvalue weighted by Crippen LogP contribution is -2.28. The Morgan fingerprint density at radius 3 is 2.70 bits per heavy atom. The third-order valence-electron chi connectivity index (χ3n) is 3.92. The monoisotopic (exact) mass is 394 g/mol. The molecule has 2 aromatic heterocycles. The molecule has 1 N–H and O–H groups in total. The van der Waals surface area contributed by atoms with Crippen LogP contribution < -0.4 is 5.32 Å². The van der Waals surface area contributed by atoms with E-state index in [9.17, 15) is 18.0 Å². The van der Waals surface area contributed by atoms with Crippen LogP contribution in [-0.4, -0.2) is 32.7 Å². The van der Waals surface area contributed by atoms with Gasteiger partial charge in [-0.1, -0.05) is 23.9 Å². The molecule has 142 valence electrons. The van der Waals surface area contributed by atoms with E-state index in [1.165, 1.54) is 6.07 Å². The van der Waals surface area contributed by atoms with Gasteiger partial charge in [-0.25, -0.2) is 9.97 Å². The summed E-state index contributed by atoms with van der Waals surface area (Å²) in [5.74, 6) is 0.750. The number of alkyl halides is 3. The first-order chi connectivity index (χ1) is 12.8. The van der Waals surface area contributed by atoms with Crippen molar-refractivity contribution in [1.29, 1.82) is 0 Å². The minimum absolute atomic E-state index is 0.0853. The van der Waals surface area contributed by atoms with E-state index in [2.05, 4.69) is 15.3 Å². The van der Waals surface area contributed by atoms with Crippen molar-refractivity contribution >= 4 is 28.7 Å². The van der Waals surface area contributed by atoms with Crippen molar-refractivity contribution in [2.45, 2.75) is 24.7 Å². The molecule has 0 fully saturated rings. The highest BCUT2D eigenvalue weighted by molar-refractivity contribution is 7.99. The number of benzene rings is 1. The number of carbonyl (C=O) groups excluding carboxylic acids is 1. The molecule has 0 bridgehead atoms. The molecule has 3 rings (SSSR count). The molecule has 0 atom stereocenters. The maximum atomic E-state index is 12.5. The van der Waals surface area contributed by atoms with Gasteiger partial charge in [0.1, 0.15) is 5.82 Å². The van der Waals surface area contributed by atoms with E-state index >= 15 is 0 Å². The van der Waals surface area contributed by atoms with Crippen LogP contribution in [0.4, 0.5) is 13.2 Å². The number of rotatable bonds is 6. The van der Waals surface area contributed by atoms with Gasteiger partial charge in [0.25, 0.3) is 0 Å². The van der Waals surface area contributed by atoms with Crippen molar-refractivity contribution in [2.75, 3.05) is 12.3 Å². The van der Waals surface area contributed by atoms with Crippen LogP contribution >= 0.6 is 11.8 Å². The summed E-state index contributed by atoms with van der Waals surface area (Å²) in [6, 6.07) is 10.00. The number of hydrogen-bond acceptors (Lipinski definition) is 4. The molecule has 1 amide bonds. The number of pyridine rings is 1. The summed E-state index contributed by atoms with van der Waals surface area (Å²) in [7, 11) is 0. The fourth-order valence-electron chi connectivity index (χ4n) is 2.61. The van der Waals surface area contributed by atoms with Crippen LogP contribution in [-0.2, 0) is 17.5 Å². The van der Waals surface area contributed by atoms with E-state index in [0.717, 1.165) is 40.9 Å². The average Bonchev–Trinajstić information content (AvgIpc) is 2.95. The van der Waals surface area contributed by atoms with Crippen molar-refractivity contribution in [3.63, 3.8) is 0 Å². The second-order valence-corrected chi connectivity index (χ2v) is 6.82. The van der Waals surface area contributed by atoms with Gasteiger partial charge in [0.05, 0.1) is 27.4 Å². The second-order valence-electron chi connectivity index (χ2n) is 5.82. The molecule has 3 aromatic rings. The molecule has 0 spiro atoms. The zero-order chi connectivity index (χ0) is 19.4. The molecule has 0 unspecified atom stereocenters. The van der Waals surface area contributed by atoms with Crippen molar-refractivity contribution in [3.05, 3.63) is 54.0 Å². The first-order valence-corrected chi connectivity index (χ1v) is 9.18. The van der Waals surface area contributed by atoms with Gasteiger partial charge in [0.15, 0.2) is 0 Å². The Balaban J connectivity index is 1.48. The molecule has 1 aromatic carbocycles. The van der Waals surface area contributed by atoms with Crippen molar-refractivity contribution in [3.8, 4) is 0 Å². The summed E-state index contributed by atoms with van der Waals surface area (Å²) >= 11 is 1.09. The molecular formula is C18H17F3N4OS. The number of hydrogen-bond donors (Lipinski definition) is 1. The Kier molecular flexibility index (Phi) is 5.69. The smallest absolute Gasteiger partial charge is 0.354 e. The fraction of sp³-hybridized carbons (Fsp3) is 0.278. The standard InChI is InChI=1S/C18H17F3N4OS/c1-12-24-14-4-2-3-5-15(14)25(12)9-8-22-16(26)11-27-17-7-6-13(10-23-17)18(19,20)21/h2-7,10H,8-9,11H2,1H3,(H,22,26). The van der Waals surface area contributed by atoms with Gasteiger partial charge in [-0.05, 0) is 31.2 Å². The van der Waals surface area contributed by atoms with Crippen LogP contribution in [0.3, 0.4) is 0 Å². The Morgan fingerprint density at radius 1 is 1.22 bits per heavy atom. The average molecular weight is 394 g/mol. The SMILES string of the molecule is Cc1nc2ccccc2n1CCNC(=O)CSc1ccc(C(F)(F)F)cn1. The summed E-state index contributed by atoms with van der Waals surface area (Å²) in [6.45, 7) is 2.93. The van der Waals surface area contributed by atoms with Gasteiger partial charge < -0.3 is 9.88 Å². The van der Waals surface area contributed by atoms with Gasteiger partial charge in [-0.2, -0.15) is 13.2 Å². The lowest BCUT2D eigenvalue weighted by Gasteiger charge is -2.09. The van der Waals surface area contributed by atoms with E-state index in [4.69, 9.17) is 0 Å². The van der Waals surface area contributed by atoms with E-state index in [1.54, 1.807) is 0 Å². The highest BCUT2D eigenvalue weighted by atomic mass is 32.2. The molecule has 0 saturated heterocycles. The molecule has 0 saturated carbocycles. The number of thioether (sulfide) groups is 1. The number of imidazole rings is 1. The predicted octanol–water partition coefficient (Wildman–Crippen LogP) is 3.67. The van der Waals surface area contributed by atoms with Gasteiger partial charge in [-0.15, -0.1) is 0 Å². The highest BCUT2D eigenvalue weighted by Crippen LogP contribution is 2.29. The molecular weight excluding hydrogens is 377 g/mol. The van der Waals surface area contributed by atoms with Crippen LogP contribution in [0.15, 0.2) is 47.6 Å². The van der Waals surface area contributed by atoms with Gasteiger partial charge in [0.2, 0.25) is 5.91 Å². The Morgan fingerprint density at radius 2 is 2.00 bits per heavy atom. The fourth-order valence-corrected chi connectivity index (χ4v) is 3.28. The summed E-state index contributed by atoms with van der Waals surface area (Å²) in [6.07, 6.45) is -3.64. The molecule has 0 aliphatic carbocycles. The Labute approximate surface area is 158 Å². The van der Waals surface area contributed by atoms with Crippen molar-refractivity contribution in [2.24, 2.45) is 0 Å². The zero-order valence-corrected chi connectivity index (χ0v) is 15.3. The number of para-hydroxylation sites is 2. The maximum Gasteiger partial charge on any atom is 0.417 e. The number of aryl methyl sites for hydroxylation is 1. The van der Waals surface area contributed by atoms with E-state index in [-0.39, 0.29) is 11.7 Å². The second kappa shape index (κ2) is 7.99. The largest absolute Gasteiger partial charge is 0.417 e. The Bertz CT molecular complexity index is 938. The molecule has 5 nitrogen and oxygen atoms in total. The summed E-state index contributed by atoms with van der Waals surface area (Å²) in [4.78, 5) is 20.2. The van der Waals surface area contributed by atoms with Gasteiger partial charge >= 0.3 is 6.18 Å². The zero-order valence-electron chi connectivity index (χ0n) is 14.5. The van der Waals surface area contributed by atoms with Gasteiger partial charge in [0, 0.05) is 19.3 Å². The number of nitrogens with zero attached hydrogens (tertiary/aromatic N) is 3. The van der Waals surface area contributed by atoms with Crippen molar-refractivity contribution < 1.29 is 18.0 Å². The number of amides is 1. The maximum absolute atomic E-state index is 12.5. The first-order valence-electron chi connectivity index (χ1n) is 8.19. The topological polar surface area (TPSA) is 59.8 Å². The minimum atomic E-state index is -4.41. The molecule has 0 radical (unpaired) electrons. The molecule has 0 aliphatic heterocycles. The van der Waals surface area contributed by atoms with Crippen LogP contribution in [0.25, 0.3) is 11.0 Å². The lowest BCUT2D eigenvalue weighted by atomic mass is 10.3. The normalized spacial score (nSPS) is 11.7. The van der Waals surface area contributed by atoms with Gasteiger partial charge in [-0.3, -0.25) is 4.79 Å². The Hall–Kier alpha value is -2.55. The summed E-state index contributed by atoms with van der Waals surface area (Å²) in [5, 5.41) is 3.17. The third-order valence-corrected chi connectivity index (χ3v) is 4.86. The van der Waals surface area contributed by atoms with Crippen molar-refractivity contribution in [1.82, 2.24) is 19.9 Å². The summed E-state index contributed by atoms with van der Waals surface area (Å²) in [5.41, 5.74) is 1.11. The third kappa shape index (κ3) is 4.79. The van der Waals surface area contributed by atoms with E-state index < -0.39 is 11.7 Å².